The van der Waals surface area contributed by atoms with Crippen LogP contribution in [0.2, 0.25) is 0 Å². The predicted octanol–water partition coefficient (Wildman–Crippen LogP) is 3.45. The topological polar surface area (TPSA) is 9.72 Å². The summed E-state index contributed by atoms with van der Waals surface area (Å²) >= 11 is 0. The van der Waals surface area contributed by atoms with Gasteiger partial charge in [-0.15, -0.1) is 0 Å². The van der Waals surface area contributed by atoms with Gasteiger partial charge in [0.05, 0.1) is 0 Å². The van der Waals surface area contributed by atoms with Crippen LogP contribution >= 0.6 is 0 Å². The molecule has 3 nitrogen and oxygen atoms in total. The summed E-state index contributed by atoms with van der Waals surface area (Å²) in [5, 5.41) is 0. The van der Waals surface area contributed by atoms with E-state index in [2.05, 4.69) is 35.5 Å². The largest absolute Gasteiger partial charge is 0.300 e. The lowest BCUT2D eigenvalue weighted by Crippen LogP contribution is -2.68. The lowest BCUT2D eigenvalue weighted by atomic mass is 9.59. The zero-order chi connectivity index (χ0) is 16.7. The van der Waals surface area contributed by atoms with Gasteiger partial charge in [0, 0.05) is 31.2 Å². The first-order chi connectivity index (χ1) is 11.6. The first-order valence-electron chi connectivity index (χ1n) is 10.8. The molecule has 4 aliphatic rings. The molecule has 0 radical (unpaired) electrons. The highest BCUT2D eigenvalue weighted by Gasteiger charge is 2.54. The fourth-order valence-corrected chi connectivity index (χ4v) is 5.98. The third-order valence-electron chi connectivity index (χ3n) is 7.90. The fourth-order valence-electron chi connectivity index (χ4n) is 5.98. The Morgan fingerprint density at radius 1 is 0.833 bits per heavy atom. The summed E-state index contributed by atoms with van der Waals surface area (Å²) < 4.78 is 0. The Morgan fingerprint density at radius 3 is 1.92 bits per heavy atom. The van der Waals surface area contributed by atoms with Crippen LogP contribution in [0.5, 0.6) is 0 Å². The molecule has 0 bridgehead atoms. The van der Waals surface area contributed by atoms with Crippen LogP contribution in [0.3, 0.4) is 0 Å². The van der Waals surface area contributed by atoms with Gasteiger partial charge in [-0.25, -0.2) is 0 Å². The fraction of sp³-hybridized carbons (Fsp3) is 1.00. The maximum atomic E-state index is 2.85. The Balaban J connectivity index is 1.17. The van der Waals surface area contributed by atoms with Crippen molar-refractivity contribution in [2.24, 2.45) is 11.3 Å². The van der Waals surface area contributed by atoms with Crippen molar-refractivity contribution in [3.8, 4) is 0 Å². The van der Waals surface area contributed by atoms with E-state index in [4.69, 9.17) is 0 Å². The first-order valence-corrected chi connectivity index (χ1v) is 10.8. The zero-order valence-electron chi connectivity index (χ0n) is 16.3. The van der Waals surface area contributed by atoms with Crippen molar-refractivity contribution in [1.82, 2.24) is 14.7 Å². The van der Waals surface area contributed by atoms with Crippen LogP contribution in [0, 0.1) is 11.3 Å². The van der Waals surface area contributed by atoms with Gasteiger partial charge in [-0.1, -0.05) is 13.3 Å². The van der Waals surface area contributed by atoms with E-state index >= 15 is 0 Å². The van der Waals surface area contributed by atoms with Gasteiger partial charge in [0.1, 0.15) is 0 Å². The lowest BCUT2D eigenvalue weighted by Gasteiger charge is -2.63. The number of piperidine rings is 2. The van der Waals surface area contributed by atoms with Crippen LogP contribution in [0.25, 0.3) is 0 Å². The van der Waals surface area contributed by atoms with Crippen molar-refractivity contribution >= 4 is 0 Å². The molecule has 4 rings (SSSR count). The van der Waals surface area contributed by atoms with Crippen LogP contribution in [-0.4, -0.2) is 72.1 Å². The molecule has 3 saturated heterocycles. The Morgan fingerprint density at radius 2 is 1.38 bits per heavy atom. The summed E-state index contributed by atoms with van der Waals surface area (Å²) in [7, 11) is 0. The third-order valence-corrected chi connectivity index (χ3v) is 7.90. The summed E-state index contributed by atoms with van der Waals surface area (Å²) in [6.07, 6.45) is 10.1. The molecule has 0 unspecified atom stereocenters. The minimum Gasteiger partial charge on any atom is -0.300 e. The Hall–Kier alpha value is -0.120. The van der Waals surface area contributed by atoms with Crippen LogP contribution in [0.4, 0.5) is 0 Å². The van der Waals surface area contributed by atoms with Crippen molar-refractivity contribution in [1.29, 1.82) is 0 Å². The summed E-state index contributed by atoms with van der Waals surface area (Å²) in [6.45, 7) is 15.3. The summed E-state index contributed by atoms with van der Waals surface area (Å²) in [4.78, 5) is 8.33. The van der Waals surface area contributed by atoms with Crippen molar-refractivity contribution in [2.75, 3.05) is 39.3 Å². The number of likely N-dealkylation sites (tertiary alicyclic amines) is 3. The maximum Gasteiger partial charge on any atom is 0.0120 e. The van der Waals surface area contributed by atoms with Crippen LogP contribution in [-0.2, 0) is 0 Å². The van der Waals surface area contributed by atoms with Crippen LogP contribution in [0.1, 0.15) is 65.7 Å². The molecule has 24 heavy (non-hydrogen) atoms. The van der Waals surface area contributed by atoms with Gasteiger partial charge in [-0.3, -0.25) is 4.90 Å². The number of nitrogens with zero attached hydrogens (tertiary/aromatic N) is 3. The normalized spacial score (nSPS) is 31.5. The van der Waals surface area contributed by atoms with Crippen molar-refractivity contribution in [2.45, 2.75) is 83.8 Å². The molecule has 3 aliphatic heterocycles. The van der Waals surface area contributed by atoms with Gasteiger partial charge in [0.2, 0.25) is 0 Å². The highest BCUT2D eigenvalue weighted by molar-refractivity contribution is 5.08. The average molecular weight is 334 g/mol. The van der Waals surface area contributed by atoms with E-state index in [0.29, 0.717) is 0 Å². The second-order valence-corrected chi connectivity index (χ2v) is 9.72. The highest BCUT2D eigenvalue weighted by Crippen LogP contribution is 2.51. The SMILES string of the molecule is CCC1CCN(C2CCN(C3CC4(C3)CN(C(C)C)C4)CC2)CC1. The first kappa shape index (κ1) is 17.3. The number of hydrogen-bond acceptors (Lipinski definition) is 3. The molecule has 138 valence electrons. The van der Waals surface area contributed by atoms with Crippen LogP contribution in [0.15, 0.2) is 0 Å². The summed E-state index contributed by atoms with van der Waals surface area (Å²) in [5.74, 6) is 1.01. The van der Waals surface area contributed by atoms with E-state index in [1.54, 1.807) is 0 Å². The summed E-state index contributed by atoms with van der Waals surface area (Å²) in [6, 6.07) is 2.57. The number of hydrogen-bond donors (Lipinski definition) is 0. The van der Waals surface area contributed by atoms with E-state index in [9.17, 15) is 0 Å². The number of rotatable bonds is 4. The second-order valence-electron chi connectivity index (χ2n) is 9.72. The maximum absolute atomic E-state index is 2.85. The van der Waals surface area contributed by atoms with Gasteiger partial charge in [-0.2, -0.15) is 0 Å². The van der Waals surface area contributed by atoms with Gasteiger partial charge < -0.3 is 9.80 Å². The van der Waals surface area contributed by atoms with E-state index in [-0.39, 0.29) is 0 Å². The molecular weight excluding hydrogens is 294 g/mol. The molecule has 1 saturated carbocycles. The van der Waals surface area contributed by atoms with Gasteiger partial charge in [0.15, 0.2) is 0 Å². The molecule has 4 fully saturated rings. The molecule has 0 atom stereocenters. The lowest BCUT2D eigenvalue weighted by molar-refractivity contribution is -0.124. The van der Waals surface area contributed by atoms with Crippen molar-refractivity contribution < 1.29 is 0 Å². The van der Waals surface area contributed by atoms with Crippen molar-refractivity contribution in [3.63, 3.8) is 0 Å². The van der Waals surface area contributed by atoms with Crippen molar-refractivity contribution in [3.05, 3.63) is 0 Å². The predicted molar refractivity (Wildman–Crippen MR) is 101 cm³/mol. The highest BCUT2D eigenvalue weighted by atomic mass is 15.3. The molecule has 0 amide bonds. The van der Waals surface area contributed by atoms with E-state index < -0.39 is 0 Å². The quantitative estimate of drug-likeness (QED) is 0.780. The monoisotopic (exact) mass is 333 g/mol. The van der Waals surface area contributed by atoms with Gasteiger partial charge in [-0.05, 0) is 89.9 Å². The van der Waals surface area contributed by atoms with E-state index in [1.165, 1.54) is 84.2 Å². The molecule has 3 heterocycles. The molecule has 0 aromatic rings. The molecule has 0 aromatic heterocycles. The standard InChI is InChI=1S/C21H39N3/c1-4-18-5-9-22(10-6-18)19-7-11-23(12-8-19)20-13-21(14-20)15-24(16-21)17(2)3/h17-20H,4-16H2,1-3H3. The molecule has 0 aromatic carbocycles. The molecule has 1 spiro atoms. The smallest absolute Gasteiger partial charge is 0.0120 e. The van der Waals surface area contributed by atoms with E-state index in [1.807, 2.05) is 0 Å². The van der Waals surface area contributed by atoms with Crippen LogP contribution < -0.4 is 0 Å². The summed E-state index contributed by atoms with van der Waals surface area (Å²) in [5.41, 5.74) is 0.730. The minimum atomic E-state index is 0.730. The Kier molecular flexibility index (Phi) is 4.96. The zero-order valence-corrected chi connectivity index (χ0v) is 16.3. The molecule has 1 aliphatic carbocycles. The molecule has 3 heteroatoms. The second kappa shape index (κ2) is 6.89. The molecular formula is C21H39N3. The molecule has 0 N–H and O–H groups in total. The Bertz CT molecular complexity index is 405. The minimum absolute atomic E-state index is 0.730. The Labute approximate surface area is 149 Å². The van der Waals surface area contributed by atoms with E-state index in [0.717, 1.165) is 29.5 Å². The van der Waals surface area contributed by atoms with Gasteiger partial charge in [0.25, 0.3) is 0 Å². The van der Waals surface area contributed by atoms with Gasteiger partial charge >= 0.3 is 0 Å². The third kappa shape index (κ3) is 3.29. The average Bonchev–Trinajstić information content (AvgIpc) is 2.53.